The summed E-state index contributed by atoms with van der Waals surface area (Å²) in [6.07, 6.45) is -4.46. The highest BCUT2D eigenvalue weighted by molar-refractivity contribution is 7.13. The van der Waals surface area contributed by atoms with Crippen LogP contribution in [0.1, 0.15) is 16.1 Å². The Balaban J connectivity index is 1.56. The van der Waals surface area contributed by atoms with E-state index in [1.807, 2.05) is 0 Å². The van der Waals surface area contributed by atoms with Crippen molar-refractivity contribution in [3.05, 3.63) is 81.7 Å². The fraction of sp³-hybridized carbons (Fsp3) is 0.0500. The number of benzene rings is 2. The predicted molar refractivity (Wildman–Crippen MR) is 103 cm³/mol. The number of thiazole rings is 1. The summed E-state index contributed by atoms with van der Waals surface area (Å²) in [6, 6.07) is 12.4. The second kappa shape index (κ2) is 7.17. The van der Waals surface area contributed by atoms with Gasteiger partial charge in [0.1, 0.15) is 16.3 Å². The molecule has 0 bridgehead atoms. The largest absolute Gasteiger partial charge is 0.423 e. The van der Waals surface area contributed by atoms with Crippen LogP contribution in [0, 0.1) is 0 Å². The van der Waals surface area contributed by atoms with Crippen LogP contribution in [-0.4, -0.2) is 10.9 Å². The van der Waals surface area contributed by atoms with Gasteiger partial charge in [-0.15, -0.1) is 11.3 Å². The number of nitrogens with one attached hydrogen (secondary N) is 1. The summed E-state index contributed by atoms with van der Waals surface area (Å²) in [5.74, 6) is -0.504. The number of anilines is 1. The Bertz CT molecular complexity index is 1280. The maximum absolute atomic E-state index is 12.9. The maximum Gasteiger partial charge on any atom is 0.416 e. The molecule has 0 aliphatic carbocycles. The number of nitrogens with zero attached hydrogens (tertiary/aromatic N) is 1. The van der Waals surface area contributed by atoms with E-state index in [0.717, 1.165) is 23.5 Å². The zero-order valence-electron chi connectivity index (χ0n) is 14.5. The summed E-state index contributed by atoms with van der Waals surface area (Å²) in [5.41, 5.74) is -0.0365. The smallest absolute Gasteiger partial charge is 0.416 e. The monoisotopic (exact) mass is 416 g/mol. The van der Waals surface area contributed by atoms with Crippen LogP contribution in [0.4, 0.5) is 18.9 Å². The minimum Gasteiger partial charge on any atom is -0.423 e. The lowest BCUT2D eigenvalue weighted by molar-refractivity contribution is -0.137. The Kier molecular flexibility index (Phi) is 4.67. The fourth-order valence-electron chi connectivity index (χ4n) is 2.68. The van der Waals surface area contributed by atoms with Crippen molar-refractivity contribution in [3.63, 3.8) is 0 Å². The van der Waals surface area contributed by atoms with Gasteiger partial charge in [-0.25, -0.2) is 9.78 Å². The minimum absolute atomic E-state index is 0.0853. The van der Waals surface area contributed by atoms with Crippen LogP contribution in [-0.2, 0) is 6.18 Å². The standard InChI is InChI=1S/C20H11F3N2O3S/c21-20(22,23)13-3-1-2-12(8-13)19-25-15(10-29-19)18(27)24-14-5-6-16-11(9-14)4-7-17(26)28-16/h1-10H,(H,24,27). The highest BCUT2D eigenvalue weighted by Crippen LogP contribution is 2.33. The average molecular weight is 416 g/mol. The van der Waals surface area contributed by atoms with Gasteiger partial charge < -0.3 is 9.73 Å². The molecular weight excluding hydrogens is 405 g/mol. The Morgan fingerprint density at radius 3 is 2.69 bits per heavy atom. The molecule has 4 aromatic rings. The summed E-state index contributed by atoms with van der Waals surface area (Å²) in [5, 5.41) is 5.08. The van der Waals surface area contributed by atoms with Gasteiger partial charge in [-0.05, 0) is 36.4 Å². The number of hydrogen-bond acceptors (Lipinski definition) is 5. The van der Waals surface area contributed by atoms with Crippen molar-refractivity contribution in [1.82, 2.24) is 4.98 Å². The van der Waals surface area contributed by atoms with Crippen LogP contribution in [0.25, 0.3) is 21.5 Å². The van der Waals surface area contributed by atoms with Gasteiger partial charge in [-0.3, -0.25) is 4.79 Å². The van der Waals surface area contributed by atoms with E-state index in [2.05, 4.69) is 10.3 Å². The van der Waals surface area contributed by atoms with Crippen LogP contribution in [0.2, 0.25) is 0 Å². The summed E-state index contributed by atoms with van der Waals surface area (Å²) in [6.45, 7) is 0. The number of carbonyl (C=O) groups is 1. The third-order valence-corrected chi connectivity index (χ3v) is 4.94. The zero-order valence-corrected chi connectivity index (χ0v) is 15.3. The number of rotatable bonds is 3. The van der Waals surface area contributed by atoms with Gasteiger partial charge in [0.2, 0.25) is 0 Å². The highest BCUT2D eigenvalue weighted by atomic mass is 32.1. The van der Waals surface area contributed by atoms with Crippen LogP contribution in [0.3, 0.4) is 0 Å². The first kappa shape index (κ1) is 18.9. The topological polar surface area (TPSA) is 72.2 Å². The first-order valence-electron chi connectivity index (χ1n) is 8.28. The van der Waals surface area contributed by atoms with E-state index >= 15 is 0 Å². The van der Waals surface area contributed by atoms with Crippen molar-refractivity contribution in [2.75, 3.05) is 5.32 Å². The van der Waals surface area contributed by atoms with Gasteiger partial charge in [-0.1, -0.05) is 12.1 Å². The Morgan fingerprint density at radius 1 is 1.07 bits per heavy atom. The maximum atomic E-state index is 12.9. The Labute approximate surface area is 165 Å². The van der Waals surface area contributed by atoms with Gasteiger partial charge in [0.25, 0.3) is 5.91 Å². The van der Waals surface area contributed by atoms with Gasteiger partial charge in [0, 0.05) is 28.1 Å². The number of carbonyl (C=O) groups excluding carboxylic acids is 1. The zero-order chi connectivity index (χ0) is 20.6. The highest BCUT2D eigenvalue weighted by Gasteiger charge is 2.30. The number of halogens is 3. The molecule has 0 radical (unpaired) electrons. The molecule has 9 heteroatoms. The van der Waals surface area contributed by atoms with Crippen LogP contribution in [0.15, 0.2) is 69.2 Å². The van der Waals surface area contributed by atoms with Crippen molar-refractivity contribution in [1.29, 1.82) is 0 Å². The summed E-state index contributed by atoms with van der Waals surface area (Å²) in [7, 11) is 0. The first-order valence-corrected chi connectivity index (χ1v) is 9.16. The van der Waals surface area contributed by atoms with E-state index in [1.165, 1.54) is 23.6 Å². The van der Waals surface area contributed by atoms with Gasteiger partial charge in [0.15, 0.2) is 0 Å². The Morgan fingerprint density at radius 2 is 1.90 bits per heavy atom. The number of amides is 1. The SMILES string of the molecule is O=C(Nc1ccc2oc(=O)ccc2c1)c1csc(-c2cccc(C(F)(F)F)c2)n1. The van der Waals surface area contributed by atoms with Crippen molar-refractivity contribution in [2.24, 2.45) is 0 Å². The molecule has 0 unspecified atom stereocenters. The van der Waals surface area contributed by atoms with Crippen LogP contribution in [0.5, 0.6) is 0 Å². The van der Waals surface area contributed by atoms with E-state index in [1.54, 1.807) is 24.3 Å². The van der Waals surface area contributed by atoms with Crippen LogP contribution >= 0.6 is 11.3 Å². The third-order valence-electron chi connectivity index (χ3n) is 4.05. The Hall–Kier alpha value is -3.46. The average Bonchev–Trinajstić information content (AvgIpc) is 3.18. The van der Waals surface area contributed by atoms with E-state index in [-0.39, 0.29) is 11.3 Å². The summed E-state index contributed by atoms with van der Waals surface area (Å²) < 4.78 is 43.7. The molecule has 0 saturated carbocycles. The molecule has 146 valence electrons. The molecule has 0 aliphatic rings. The number of hydrogen-bond donors (Lipinski definition) is 1. The van der Waals surface area contributed by atoms with Crippen LogP contribution < -0.4 is 10.9 Å². The number of alkyl halides is 3. The third kappa shape index (κ3) is 4.04. The molecule has 0 saturated heterocycles. The molecule has 5 nitrogen and oxygen atoms in total. The van der Waals surface area contributed by atoms with Crippen molar-refractivity contribution in [2.45, 2.75) is 6.18 Å². The molecule has 1 amide bonds. The predicted octanol–water partition coefficient (Wildman–Crippen LogP) is 5.19. The summed E-state index contributed by atoms with van der Waals surface area (Å²) >= 11 is 1.08. The molecular formula is C20H11F3N2O3S. The molecule has 2 aromatic carbocycles. The molecule has 2 aromatic heterocycles. The van der Waals surface area contributed by atoms with Crippen molar-refractivity contribution < 1.29 is 22.4 Å². The first-order chi connectivity index (χ1) is 13.8. The van der Waals surface area contributed by atoms with Crippen molar-refractivity contribution >= 4 is 33.9 Å². The molecule has 2 heterocycles. The van der Waals surface area contributed by atoms with Gasteiger partial charge in [0.05, 0.1) is 5.56 Å². The van der Waals surface area contributed by atoms with E-state index < -0.39 is 23.3 Å². The van der Waals surface area contributed by atoms with E-state index in [0.29, 0.717) is 21.7 Å². The van der Waals surface area contributed by atoms with Crippen molar-refractivity contribution in [3.8, 4) is 10.6 Å². The molecule has 1 N–H and O–H groups in total. The summed E-state index contributed by atoms with van der Waals surface area (Å²) in [4.78, 5) is 27.8. The normalized spacial score (nSPS) is 11.6. The van der Waals surface area contributed by atoms with Gasteiger partial charge in [-0.2, -0.15) is 13.2 Å². The number of fused-ring (bicyclic) bond motifs is 1. The molecule has 4 rings (SSSR count). The fourth-order valence-corrected chi connectivity index (χ4v) is 3.48. The molecule has 29 heavy (non-hydrogen) atoms. The second-order valence-electron chi connectivity index (χ2n) is 6.08. The molecule has 0 atom stereocenters. The minimum atomic E-state index is -4.46. The molecule has 0 spiro atoms. The lowest BCUT2D eigenvalue weighted by atomic mass is 10.1. The van der Waals surface area contributed by atoms with E-state index in [4.69, 9.17) is 4.42 Å². The number of aromatic nitrogens is 1. The lowest BCUT2D eigenvalue weighted by Gasteiger charge is -2.07. The molecule has 0 fully saturated rings. The molecule has 0 aliphatic heterocycles. The van der Waals surface area contributed by atoms with E-state index in [9.17, 15) is 22.8 Å². The lowest BCUT2D eigenvalue weighted by Crippen LogP contribution is -2.12. The van der Waals surface area contributed by atoms with Gasteiger partial charge >= 0.3 is 11.8 Å². The quantitative estimate of drug-likeness (QED) is 0.467. The second-order valence-corrected chi connectivity index (χ2v) is 6.94.